The van der Waals surface area contributed by atoms with Crippen LogP contribution in [-0.2, 0) is 4.74 Å². The van der Waals surface area contributed by atoms with Crippen molar-refractivity contribution in [3.63, 3.8) is 0 Å². The largest absolute Gasteiger partial charge is 0.622 e. The first-order chi connectivity index (χ1) is 12.5. The number of esters is 1. The van der Waals surface area contributed by atoms with Crippen molar-refractivity contribution < 1.29 is 9.53 Å². The van der Waals surface area contributed by atoms with Crippen molar-refractivity contribution in [3.05, 3.63) is 64.9 Å². The summed E-state index contributed by atoms with van der Waals surface area (Å²) in [6.07, 6.45) is -0.840. The highest BCUT2D eigenvalue weighted by atomic mass is 32.1. The van der Waals surface area contributed by atoms with Gasteiger partial charge in [-0.25, -0.2) is 9.69 Å². The lowest BCUT2D eigenvalue weighted by molar-refractivity contribution is 0.00566. The molecule has 0 amide bonds. The Hall–Kier alpha value is -2.32. The van der Waals surface area contributed by atoms with Crippen molar-refractivity contribution in [1.29, 1.82) is 0 Å². The number of likely N-dealkylation sites (N-methyl/N-ethyl adjacent to an activating group) is 1. The highest BCUT2D eigenvalue weighted by molar-refractivity contribution is 7.22. The number of benzene rings is 2. The van der Waals surface area contributed by atoms with Gasteiger partial charge in [-0.3, -0.25) is 4.65 Å². The first-order valence-corrected chi connectivity index (χ1v) is 9.19. The normalized spacial score (nSPS) is 23.4. The van der Waals surface area contributed by atoms with Gasteiger partial charge in [0.1, 0.15) is 6.67 Å². The predicted octanol–water partition coefficient (Wildman–Crippen LogP) is 3.50. The molecule has 2 heterocycles. The van der Waals surface area contributed by atoms with Gasteiger partial charge >= 0.3 is 5.97 Å². The van der Waals surface area contributed by atoms with Crippen LogP contribution in [0.25, 0.3) is 10.2 Å². The Balaban J connectivity index is 1.66. The summed E-state index contributed by atoms with van der Waals surface area (Å²) in [7, 11) is 1.85. The van der Waals surface area contributed by atoms with Crippen LogP contribution in [0.4, 0.5) is 5.13 Å². The number of hydrogen-bond acceptors (Lipinski definition) is 6. The number of hydrogen-bond donors (Lipinski definition) is 0. The number of carbonyl (C=O) groups excluding carboxylic acids is 1. The Morgan fingerprint density at radius 3 is 2.77 bits per heavy atom. The Kier molecular flexibility index (Phi) is 4.24. The zero-order valence-corrected chi connectivity index (χ0v) is 15.4. The fourth-order valence-electron chi connectivity index (χ4n) is 3.22. The van der Waals surface area contributed by atoms with Crippen molar-refractivity contribution in [1.82, 2.24) is 14.5 Å². The molecule has 0 N–H and O–H groups in total. The molecule has 7 heteroatoms. The molecule has 1 saturated heterocycles. The number of hydroxylamine groups is 2. The average Bonchev–Trinajstić information content (AvgIpc) is 3.17. The van der Waals surface area contributed by atoms with Gasteiger partial charge in [-0.2, -0.15) is 4.98 Å². The molecule has 3 aromatic rings. The van der Waals surface area contributed by atoms with Crippen LogP contribution in [0.15, 0.2) is 48.5 Å². The molecular formula is C19H19N3O3S. The zero-order valence-electron chi connectivity index (χ0n) is 14.6. The molecule has 0 radical (unpaired) electrons. The Morgan fingerprint density at radius 2 is 2.00 bits per heavy atom. The molecule has 4 rings (SSSR count). The van der Waals surface area contributed by atoms with Gasteiger partial charge in [0.2, 0.25) is 0 Å². The van der Waals surface area contributed by atoms with E-state index >= 15 is 0 Å². The van der Waals surface area contributed by atoms with Crippen molar-refractivity contribution in [3.8, 4) is 0 Å². The summed E-state index contributed by atoms with van der Waals surface area (Å²) in [5.74, 6) is -0.470. The second-order valence-electron chi connectivity index (χ2n) is 6.61. The van der Waals surface area contributed by atoms with Crippen LogP contribution in [0.3, 0.4) is 0 Å². The maximum Gasteiger partial charge on any atom is 0.342 e. The summed E-state index contributed by atoms with van der Waals surface area (Å²) in [6, 6.07) is 14.9. The van der Waals surface area contributed by atoms with Crippen LogP contribution < -0.4 is 4.65 Å². The van der Waals surface area contributed by atoms with E-state index in [2.05, 4.69) is 4.98 Å². The number of thiazole rings is 1. The number of ether oxygens (including phenoxy) is 1. The third-order valence-corrected chi connectivity index (χ3v) is 5.75. The highest BCUT2D eigenvalue weighted by Gasteiger charge is 2.45. The smallest absolute Gasteiger partial charge is 0.342 e. The fourth-order valence-corrected chi connectivity index (χ4v) is 4.26. The first-order valence-electron chi connectivity index (χ1n) is 8.37. The van der Waals surface area contributed by atoms with Gasteiger partial charge in [0.25, 0.3) is 11.4 Å². The second-order valence-corrected chi connectivity index (χ2v) is 7.62. The summed E-state index contributed by atoms with van der Waals surface area (Å²) in [4.78, 5) is 19.0. The number of carbonyl (C=O) groups is 1. The Bertz CT molecular complexity index is 940. The van der Waals surface area contributed by atoms with E-state index in [0.29, 0.717) is 17.2 Å². The maximum absolute atomic E-state index is 13.6. The van der Waals surface area contributed by atoms with Gasteiger partial charge in [0.15, 0.2) is 0 Å². The number of aryl methyl sites for hydroxylation is 1. The number of para-hydroxylation sites is 1. The molecule has 6 nitrogen and oxygen atoms in total. The third kappa shape index (κ3) is 2.89. The van der Waals surface area contributed by atoms with Crippen LogP contribution in [0.1, 0.15) is 15.9 Å². The molecule has 2 aromatic carbocycles. The summed E-state index contributed by atoms with van der Waals surface area (Å²) < 4.78 is 5.84. The highest BCUT2D eigenvalue weighted by Crippen LogP contribution is 2.37. The molecule has 1 aliphatic rings. The molecule has 1 aliphatic heterocycles. The van der Waals surface area contributed by atoms with Gasteiger partial charge < -0.3 is 9.94 Å². The van der Waals surface area contributed by atoms with Crippen molar-refractivity contribution >= 4 is 32.7 Å². The molecular weight excluding hydrogens is 350 g/mol. The number of aromatic nitrogens is 1. The van der Waals surface area contributed by atoms with Crippen molar-refractivity contribution in [2.45, 2.75) is 13.2 Å². The minimum atomic E-state index is -0.840. The van der Waals surface area contributed by atoms with Crippen molar-refractivity contribution in [2.75, 3.05) is 20.3 Å². The van der Waals surface area contributed by atoms with Crippen molar-refractivity contribution in [2.24, 2.45) is 0 Å². The molecule has 0 spiro atoms. The molecule has 2 atom stereocenters. The summed E-state index contributed by atoms with van der Waals surface area (Å²) >= 11 is 1.36. The lowest BCUT2D eigenvalue weighted by Gasteiger charge is -2.38. The average molecular weight is 369 g/mol. The van der Waals surface area contributed by atoms with Crippen LogP contribution in [0.5, 0.6) is 0 Å². The quantitative estimate of drug-likeness (QED) is 0.402. The Labute approximate surface area is 155 Å². The summed E-state index contributed by atoms with van der Waals surface area (Å²) in [5, 5.41) is 14.0. The monoisotopic (exact) mass is 369 g/mol. The standard InChI is InChI=1S/C19H19N3O3S/c1-13-7-3-4-8-14(13)18(23)25-17-11-21(2)12-22(17,24)19-20-15-9-5-6-10-16(15)26-19/h3-10,17H,11-12H2,1-2H3. The van der Waals surface area contributed by atoms with E-state index < -0.39 is 16.8 Å². The van der Waals surface area contributed by atoms with Gasteiger partial charge in [-0.1, -0.05) is 41.7 Å². The SMILES string of the molecule is Cc1ccccc1C(=O)OC1CN(C)C[N+]1([O-])c1nc2ccccc2s1. The van der Waals surface area contributed by atoms with Gasteiger partial charge in [-0.15, -0.1) is 0 Å². The van der Waals surface area contributed by atoms with Crippen LogP contribution >= 0.6 is 11.3 Å². The number of quaternary nitrogens is 1. The van der Waals surface area contributed by atoms with E-state index in [4.69, 9.17) is 4.74 Å². The van der Waals surface area contributed by atoms with E-state index in [1.54, 1.807) is 12.1 Å². The number of rotatable bonds is 3. The zero-order chi connectivity index (χ0) is 18.3. The number of fused-ring (bicyclic) bond motifs is 1. The fraction of sp³-hybridized carbons (Fsp3) is 0.263. The maximum atomic E-state index is 13.6. The molecule has 1 aromatic heterocycles. The first kappa shape index (κ1) is 17.1. The summed E-state index contributed by atoms with van der Waals surface area (Å²) in [5.41, 5.74) is 2.10. The predicted molar refractivity (Wildman–Crippen MR) is 103 cm³/mol. The van der Waals surface area contributed by atoms with E-state index in [-0.39, 0.29) is 6.67 Å². The molecule has 0 saturated carbocycles. The van der Waals surface area contributed by atoms with Gasteiger partial charge in [0.05, 0.1) is 22.3 Å². The lowest BCUT2D eigenvalue weighted by Crippen LogP contribution is -2.50. The van der Waals surface area contributed by atoms with Gasteiger partial charge in [0, 0.05) is 0 Å². The lowest BCUT2D eigenvalue weighted by atomic mass is 10.1. The van der Waals surface area contributed by atoms with Crippen LogP contribution in [0, 0.1) is 12.1 Å². The molecule has 1 fully saturated rings. The topological polar surface area (TPSA) is 65.5 Å². The van der Waals surface area contributed by atoms with Gasteiger partial charge in [-0.05, 0) is 37.7 Å². The minimum absolute atomic E-state index is 0.200. The third-order valence-electron chi connectivity index (χ3n) is 4.60. The molecule has 26 heavy (non-hydrogen) atoms. The molecule has 134 valence electrons. The minimum Gasteiger partial charge on any atom is -0.622 e. The second kappa shape index (κ2) is 6.44. The molecule has 2 unspecified atom stereocenters. The van der Waals surface area contributed by atoms with Crippen LogP contribution in [0.2, 0.25) is 0 Å². The number of nitrogens with zero attached hydrogens (tertiary/aromatic N) is 3. The molecule has 0 aliphatic carbocycles. The van der Waals surface area contributed by atoms with E-state index in [0.717, 1.165) is 15.8 Å². The van der Waals surface area contributed by atoms with Crippen LogP contribution in [-0.4, -0.2) is 42.3 Å². The summed E-state index contributed by atoms with van der Waals surface area (Å²) in [6.45, 7) is 2.42. The van der Waals surface area contributed by atoms with E-state index in [9.17, 15) is 10.0 Å². The Morgan fingerprint density at radius 1 is 1.27 bits per heavy atom. The molecule has 0 bridgehead atoms. The van der Waals surface area contributed by atoms with E-state index in [1.165, 1.54) is 11.3 Å². The van der Waals surface area contributed by atoms with E-state index in [1.807, 2.05) is 55.3 Å².